The number of Topliss-reactive ketones (excluding diaryl/α,β-unsaturated/α-hetero) is 1. The molecule has 0 N–H and O–H groups in total. The number of methoxy groups -OCH3 is 2. The lowest BCUT2D eigenvalue weighted by atomic mass is 9.95. The lowest BCUT2D eigenvalue weighted by molar-refractivity contribution is -0.160. The van der Waals surface area contributed by atoms with Gasteiger partial charge in [0.2, 0.25) is 5.75 Å². The second-order valence-electron chi connectivity index (χ2n) is 8.68. The molecular formula is C25H28O6. The number of rotatable bonds is 8. The van der Waals surface area contributed by atoms with E-state index in [4.69, 9.17) is 18.9 Å². The van der Waals surface area contributed by atoms with Crippen LogP contribution >= 0.6 is 0 Å². The molecule has 2 aromatic carbocycles. The van der Waals surface area contributed by atoms with Crippen molar-refractivity contribution in [2.75, 3.05) is 20.8 Å². The Morgan fingerprint density at radius 3 is 2.39 bits per heavy atom. The Labute approximate surface area is 182 Å². The van der Waals surface area contributed by atoms with E-state index in [-0.39, 0.29) is 24.3 Å². The smallest absolute Gasteiger partial charge is 0.309 e. The zero-order valence-electron chi connectivity index (χ0n) is 18.4. The minimum absolute atomic E-state index is 0.0191. The number of ether oxygens (including phenoxy) is 4. The van der Waals surface area contributed by atoms with Gasteiger partial charge in [-0.1, -0.05) is 18.2 Å². The van der Waals surface area contributed by atoms with Crippen LogP contribution in [0, 0.1) is 5.92 Å². The van der Waals surface area contributed by atoms with Crippen molar-refractivity contribution in [1.82, 2.24) is 0 Å². The quantitative estimate of drug-likeness (QED) is 0.577. The maximum Gasteiger partial charge on any atom is 0.309 e. The van der Waals surface area contributed by atoms with Gasteiger partial charge in [0.15, 0.2) is 17.3 Å². The molecule has 6 heteroatoms. The summed E-state index contributed by atoms with van der Waals surface area (Å²) in [7, 11) is 3.13. The molecule has 31 heavy (non-hydrogen) atoms. The van der Waals surface area contributed by atoms with Crippen molar-refractivity contribution < 1.29 is 28.5 Å². The highest BCUT2D eigenvalue weighted by molar-refractivity contribution is 6.02. The zero-order chi connectivity index (χ0) is 22.2. The first-order chi connectivity index (χ1) is 14.8. The normalized spacial score (nSPS) is 15.4. The third kappa shape index (κ3) is 4.24. The summed E-state index contributed by atoms with van der Waals surface area (Å²) in [5.74, 6) is 1.51. The largest absolute Gasteiger partial charge is 0.493 e. The maximum absolute atomic E-state index is 12.3. The third-order valence-corrected chi connectivity index (χ3v) is 5.72. The van der Waals surface area contributed by atoms with Gasteiger partial charge < -0.3 is 18.9 Å². The Balaban J connectivity index is 1.71. The Morgan fingerprint density at radius 2 is 1.71 bits per heavy atom. The SMILES string of the molecule is COc1ccc(-c2cccc3c2CCC3=O)c(OCC(C)(C)OC(=O)C2CC2)c1OC. The number of hydrogen-bond donors (Lipinski definition) is 0. The standard InChI is InChI=1S/C25H28O6/c1-25(2,31-24(27)15-8-9-15)14-30-22-19(11-13-21(28-3)23(22)29-4)16-6-5-7-18-17(16)10-12-20(18)26/h5-7,11,13,15H,8-10,12,14H2,1-4H3. The molecule has 0 atom stereocenters. The van der Waals surface area contributed by atoms with Crippen molar-refractivity contribution in [3.63, 3.8) is 0 Å². The van der Waals surface area contributed by atoms with E-state index < -0.39 is 5.60 Å². The molecule has 0 radical (unpaired) electrons. The molecule has 0 bridgehead atoms. The number of esters is 1. The van der Waals surface area contributed by atoms with E-state index >= 15 is 0 Å². The highest BCUT2D eigenvalue weighted by Gasteiger charge is 2.36. The van der Waals surface area contributed by atoms with E-state index in [1.165, 1.54) is 0 Å². The van der Waals surface area contributed by atoms with E-state index in [9.17, 15) is 9.59 Å². The highest BCUT2D eigenvalue weighted by atomic mass is 16.6. The van der Waals surface area contributed by atoms with Gasteiger partial charge in [0.1, 0.15) is 12.2 Å². The van der Waals surface area contributed by atoms with Crippen LogP contribution in [0.3, 0.4) is 0 Å². The van der Waals surface area contributed by atoms with E-state index in [1.54, 1.807) is 14.2 Å². The number of hydrogen-bond acceptors (Lipinski definition) is 6. The minimum atomic E-state index is -0.806. The molecule has 2 aliphatic rings. The Morgan fingerprint density at radius 1 is 0.968 bits per heavy atom. The molecule has 2 aromatic rings. The van der Waals surface area contributed by atoms with Crippen molar-refractivity contribution in [2.24, 2.45) is 5.92 Å². The van der Waals surface area contributed by atoms with Gasteiger partial charge >= 0.3 is 5.97 Å². The molecule has 1 saturated carbocycles. The Kier molecular flexibility index (Phi) is 5.65. The zero-order valence-corrected chi connectivity index (χ0v) is 18.4. The van der Waals surface area contributed by atoms with Crippen LogP contribution in [0.5, 0.6) is 17.2 Å². The summed E-state index contributed by atoms with van der Waals surface area (Å²) in [6, 6.07) is 9.49. The summed E-state index contributed by atoms with van der Waals surface area (Å²) in [6.45, 7) is 3.81. The highest BCUT2D eigenvalue weighted by Crippen LogP contribution is 2.47. The summed E-state index contributed by atoms with van der Waals surface area (Å²) in [6.07, 6.45) is 2.99. The molecule has 4 rings (SSSR count). The van der Waals surface area contributed by atoms with Gasteiger partial charge in [-0.05, 0) is 56.4 Å². The van der Waals surface area contributed by atoms with Crippen molar-refractivity contribution >= 4 is 11.8 Å². The predicted octanol–water partition coefficient (Wildman–Crippen LogP) is 4.61. The van der Waals surface area contributed by atoms with Crippen LogP contribution in [-0.2, 0) is 16.0 Å². The van der Waals surface area contributed by atoms with E-state index in [0.717, 1.165) is 35.1 Å². The second kappa shape index (κ2) is 8.25. The molecule has 164 valence electrons. The van der Waals surface area contributed by atoms with Gasteiger partial charge in [-0.15, -0.1) is 0 Å². The molecule has 0 unspecified atom stereocenters. The fourth-order valence-corrected chi connectivity index (χ4v) is 3.95. The molecule has 0 aromatic heterocycles. The van der Waals surface area contributed by atoms with Crippen molar-refractivity contribution in [3.8, 4) is 28.4 Å². The number of benzene rings is 2. The van der Waals surface area contributed by atoms with Crippen LogP contribution in [0.15, 0.2) is 30.3 Å². The number of fused-ring (bicyclic) bond motifs is 1. The van der Waals surface area contributed by atoms with Gasteiger partial charge in [-0.25, -0.2) is 0 Å². The summed E-state index contributed by atoms with van der Waals surface area (Å²) >= 11 is 0. The molecule has 2 aliphatic carbocycles. The van der Waals surface area contributed by atoms with Crippen LogP contribution in [0.2, 0.25) is 0 Å². The third-order valence-electron chi connectivity index (χ3n) is 5.72. The van der Waals surface area contributed by atoms with Crippen LogP contribution in [-0.4, -0.2) is 38.2 Å². The molecule has 0 amide bonds. The van der Waals surface area contributed by atoms with Crippen LogP contribution in [0.4, 0.5) is 0 Å². The molecule has 6 nitrogen and oxygen atoms in total. The molecule has 0 heterocycles. The fraction of sp³-hybridized carbons (Fsp3) is 0.440. The van der Waals surface area contributed by atoms with Gasteiger partial charge in [0.05, 0.1) is 20.1 Å². The number of carbonyl (C=O) groups excluding carboxylic acids is 2. The molecule has 0 aliphatic heterocycles. The Bertz CT molecular complexity index is 1020. The van der Waals surface area contributed by atoms with E-state index in [1.807, 2.05) is 44.2 Å². The van der Waals surface area contributed by atoms with Crippen LogP contribution in [0.1, 0.15) is 49.0 Å². The number of carbonyl (C=O) groups is 2. The topological polar surface area (TPSA) is 71.1 Å². The average molecular weight is 424 g/mol. The lowest BCUT2D eigenvalue weighted by Crippen LogP contribution is -2.35. The van der Waals surface area contributed by atoms with Crippen molar-refractivity contribution in [1.29, 1.82) is 0 Å². The lowest BCUT2D eigenvalue weighted by Gasteiger charge is -2.27. The van der Waals surface area contributed by atoms with Gasteiger partial charge in [0.25, 0.3) is 0 Å². The predicted molar refractivity (Wildman–Crippen MR) is 116 cm³/mol. The molecule has 1 fully saturated rings. The first-order valence-electron chi connectivity index (χ1n) is 10.6. The van der Waals surface area contributed by atoms with Gasteiger partial charge in [-0.2, -0.15) is 0 Å². The van der Waals surface area contributed by atoms with Crippen LogP contribution < -0.4 is 14.2 Å². The summed E-state index contributed by atoms with van der Waals surface area (Å²) in [5.41, 5.74) is 2.72. The summed E-state index contributed by atoms with van der Waals surface area (Å²) in [5, 5.41) is 0. The number of ketones is 1. The van der Waals surface area contributed by atoms with E-state index in [0.29, 0.717) is 30.1 Å². The minimum Gasteiger partial charge on any atom is -0.493 e. The van der Waals surface area contributed by atoms with Crippen LogP contribution in [0.25, 0.3) is 11.1 Å². The second-order valence-corrected chi connectivity index (χ2v) is 8.68. The first-order valence-corrected chi connectivity index (χ1v) is 10.6. The average Bonchev–Trinajstić information content (AvgIpc) is 3.54. The summed E-state index contributed by atoms with van der Waals surface area (Å²) in [4.78, 5) is 24.4. The monoisotopic (exact) mass is 424 g/mol. The van der Waals surface area contributed by atoms with Crippen molar-refractivity contribution in [3.05, 3.63) is 41.5 Å². The molecule has 0 saturated heterocycles. The van der Waals surface area contributed by atoms with E-state index in [2.05, 4.69) is 0 Å². The van der Waals surface area contributed by atoms with Gasteiger partial charge in [0, 0.05) is 17.5 Å². The first kappa shape index (κ1) is 21.2. The maximum atomic E-state index is 12.3. The fourth-order valence-electron chi connectivity index (χ4n) is 3.95. The Hall–Kier alpha value is -3.02. The summed E-state index contributed by atoms with van der Waals surface area (Å²) < 4.78 is 23.0. The van der Waals surface area contributed by atoms with Crippen molar-refractivity contribution in [2.45, 2.75) is 45.1 Å². The molecular weight excluding hydrogens is 396 g/mol. The van der Waals surface area contributed by atoms with Gasteiger partial charge in [-0.3, -0.25) is 9.59 Å². The molecule has 0 spiro atoms.